The van der Waals surface area contributed by atoms with E-state index in [0.717, 1.165) is 31.5 Å². The Morgan fingerprint density at radius 1 is 1.22 bits per heavy atom. The van der Waals surface area contributed by atoms with Gasteiger partial charge in [-0.25, -0.2) is 14.8 Å². The van der Waals surface area contributed by atoms with Gasteiger partial charge in [0.25, 0.3) is 0 Å². The molecule has 1 aliphatic heterocycles. The van der Waals surface area contributed by atoms with Crippen molar-refractivity contribution in [1.82, 2.24) is 14.9 Å². The number of fused-ring (bicyclic) bond motifs is 1. The molecule has 1 aromatic rings. The zero-order chi connectivity index (χ0) is 16.6. The van der Waals surface area contributed by atoms with Gasteiger partial charge in [0.05, 0.1) is 0 Å². The van der Waals surface area contributed by atoms with E-state index >= 15 is 0 Å². The summed E-state index contributed by atoms with van der Waals surface area (Å²) < 4.78 is 5.47. The lowest BCUT2D eigenvalue weighted by Gasteiger charge is -2.25. The number of nitrogens with zero attached hydrogens (tertiary/aromatic N) is 3. The second-order valence-electron chi connectivity index (χ2n) is 7.80. The topological polar surface area (TPSA) is 67.4 Å². The molecule has 1 aromatic heterocycles. The number of nitrogens with one attached hydrogen (secondary N) is 1. The van der Waals surface area contributed by atoms with Crippen LogP contribution in [0.3, 0.4) is 0 Å². The number of carbonyl (C=O) groups excluding carboxylic acids is 1. The molecule has 126 valence electrons. The summed E-state index contributed by atoms with van der Waals surface area (Å²) in [7, 11) is 0. The number of hydrogen-bond donors (Lipinski definition) is 1. The highest BCUT2D eigenvalue weighted by atomic mass is 16.6. The monoisotopic (exact) mass is 318 g/mol. The summed E-state index contributed by atoms with van der Waals surface area (Å²) >= 11 is 0. The Kier molecular flexibility index (Phi) is 4.17. The number of anilines is 1. The molecule has 1 aliphatic carbocycles. The third kappa shape index (κ3) is 3.92. The maximum atomic E-state index is 12.2. The standard InChI is InChI=1S/C17H26N4O2/c1-11-7-18-15(19-8-11)20-14-5-12-9-21(10-13(12)6-14)16(22)23-17(2,3)4/h7-8,12-14H,5-6,9-10H2,1-4H3,(H,18,19,20)/t12-,13+,14?. The zero-order valence-corrected chi connectivity index (χ0v) is 14.4. The molecule has 0 bridgehead atoms. The Bertz CT molecular complexity index is 553. The van der Waals surface area contributed by atoms with Crippen LogP contribution in [0, 0.1) is 18.8 Å². The van der Waals surface area contributed by atoms with Gasteiger partial charge in [0, 0.05) is 31.5 Å². The van der Waals surface area contributed by atoms with E-state index in [1.807, 2.05) is 45.0 Å². The number of aryl methyl sites for hydroxylation is 1. The minimum atomic E-state index is -0.429. The molecule has 6 nitrogen and oxygen atoms in total. The van der Waals surface area contributed by atoms with Crippen molar-refractivity contribution < 1.29 is 9.53 Å². The lowest BCUT2D eigenvalue weighted by Crippen LogP contribution is -2.36. The van der Waals surface area contributed by atoms with E-state index in [2.05, 4.69) is 15.3 Å². The second-order valence-corrected chi connectivity index (χ2v) is 7.80. The average Bonchev–Trinajstić information content (AvgIpc) is 2.97. The molecule has 1 unspecified atom stereocenters. The normalized spacial score (nSPS) is 27.0. The highest BCUT2D eigenvalue weighted by molar-refractivity contribution is 5.68. The van der Waals surface area contributed by atoms with Gasteiger partial charge in [-0.05, 0) is 57.9 Å². The summed E-state index contributed by atoms with van der Waals surface area (Å²) in [6.45, 7) is 9.30. The molecule has 3 atom stereocenters. The van der Waals surface area contributed by atoms with Gasteiger partial charge < -0.3 is 15.0 Å². The quantitative estimate of drug-likeness (QED) is 0.908. The molecule has 1 N–H and O–H groups in total. The Morgan fingerprint density at radius 3 is 2.30 bits per heavy atom. The van der Waals surface area contributed by atoms with E-state index in [9.17, 15) is 4.79 Å². The third-order valence-corrected chi connectivity index (χ3v) is 4.52. The van der Waals surface area contributed by atoms with Crippen molar-refractivity contribution >= 4 is 12.0 Å². The van der Waals surface area contributed by atoms with Gasteiger partial charge in [-0.15, -0.1) is 0 Å². The Morgan fingerprint density at radius 2 is 1.78 bits per heavy atom. The molecule has 6 heteroatoms. The highest BCUT2D eigenvalue weighted by Gasteiger charge is 2.43. The fourth-order valence-corrected chi connectivity index (χ4v) is 3.54. The summed E-state index contributed by atoms with van der Waals surface area (Å²) in [6.07, 6.45) is 5.59. The van der Waals surface area contributed by atoms with E-state index in [1.54, 1.807) is 0 Å². The van der Waals surface area contributed by atoms with E-state index in [0.29, 0.717) is 23.8 Å². The molecule has 1 saturated carbocycles. The molecule has 0 radical (unpaired) electrons. The number of rotatable bonds is 2. The number of likely N-dealkylation sites (tertiary alicyclic amines) is 1. The lowest BCUT2D eigenvalue weighted by molar-refractivity contribution is 0.0280. The summed E-state index contributed by atoms with van der Waals surface area (Å²) in [4.78, 5) is 22.6. The van der Waals surface area contributed by atoms with E-state index in [-0.39, 0.29) is 6.09 Å². The molecule has 2 aliphatic rings. The molecule has 2 heterocycles. The minimum Gasteiger partial charge on any atom is -0.444 e. The fraction of sp³-hybridized carbons (Fsp3) is 0.706. The van der Waals surface area contributed by atoms with Gasteiger partial charge in [0.1, 0.15) is 5.60 Å². The van der Waals surface area contributed by atoms with Crippen LogP contribution in [0.25, 0.3) is 0 Å². The number of carbonyl (C=O) groups is 1. The molecule has 1 saturated heterocycles. The van der Waals surface area contributed by atoms with Crippen molar-refractivity contribution in [1.29, 1.82) is 0 Å². The summed E-state index contributed by atoms with van der Waals surface area (Å²) in [5.74, 6) is 1.79. The molecule has 1 amide bonds. The summed E-state index contributed by atoms with van der Waals surface area (Å²) in [6, 6.07) is 0.397. The van der Waals surface area contributed by atoms with Crippen LogP contribution < -0.4 is 5.32 Å². The predicted octanol–water partition coefficient (Wildman–Crippen LogP) is 2.84. The van der Waals surface area contributed by atoms with Crippen molar-refractivity contribution in [3.8, 4) is 0 Å². The van der Waals surface area contributed by atoms with Crippen LogP contribution >= 0.6 is 0 Å². The van der Waals surface area contributed by atoms with Crippen molar-refractivity contribution in [2.24, 2.45) is 11.8 Å². The largest absolute Gasteiger partial charge is 0.444 e. The predicted molar refractivity (Wildman–Crippen MR) is 88.2 cm³/mol. The SMILES string of the molecule is Cc1cnc(NC2C[C@@H]3CN(C(=O)OC(C)(C)C)C[C@@H]3C2)nc1. The van der Waals surface area contributed by atoms with Gasteiger partial charge >= 0.3 is 6.09 Å². The Labute approximate surface area is 137 Å². The van der Waals surface area contributed by atoms with E-state index in [4.69, 9.17) is 4.74 Å². The highest BCUT2D eigenvalue weighted by Crippen LogP contribution is 2.39. The third-order valence-electron chi connectivity index (χ3n) is 4.52. The molecule has 3 rings (SSSR count). The Balaban J connectivity index is 1.51. The van der Waals surface area contributed by atoms with Crippen molar-refractivity contribution in [2.45, 2.75) is 52.2 Å². The van der Waals surface area contributed by atoms with Crippen LogP contribution in [0.1, 0.15) is 39.2 Å². The first-order valence-electron chi connectivity index (χ1n) is 8.33. The molecular weight excluding hydrogens is 292 g/mol. The number of ether oxygens (including phenoxy) is 1. The average molecular weight is 318 g/mol. The summed E-state index contributed by atoms with van der Waals surface area (Å²) in [5, 5.41) is 3.42. The molecular formula is C17H26N4O2. The van der Waals surface area contributed by atoms with Gasteiger partial charge in [0.2, 0.25) is 5.95 Å². The minimum absolute atomic E-state index is 0.182. The molecule has 23 heavy (non-hydrogen) atoms. The van der Waals surface area contributed by atoms with Crippen molar-refractivity contribution in [3.05, 3.63) is 18.0 Å². The molecule has 0 aromatic carbocycles. The number of hydrogen-bond acceptors (Lipinski definition) is 5. The first-order chi connectivity index (χ1) is 10.8. The lowest BCUT2D eigenvalue weighted by atomic mass is 10.0. The number of aromatic nitrogens is 2. The van der Waals surface area contributed by atoms with E-state index < -0.39 is 5.60 Å². The second kappa shape index (κ2) is 5.98. The number of amides is 1. The van der Waals surface area contributed by atoms with Crippen LogP contribution in [0.5, 0.6) is 0 Å². The van der Waals surface area contributed by atoms with Crippen LogP contribution in [-0.4, -0.2) is 45.7 Å². The zero-order valence-electron chi connectivity index (χ0n) is 14.4. The van der Waals surface area contributed by atoms with Gasteiger partial charge in [0.15, 0.2) is 0 Å². The van der Waals surface area contributed by atoms with Crippen molar-refractivity contribution in [3.63, 3.8) is 0 Å². The van der Waals surface area contributed by atoms with Crippen LogP contribution in [-0.2, 0) is 4.74 Å². The van der Waals surface area contributed by atoms with E-state index in [1.165, 1.54) is 0 Å². The summed E-state index contributed by atoms with van der Waals surface area (Å²) in [5.41, 5.74) is 0.633. The van der Waals surface area contributed by atoms with Crippen LogP contribution in [0.15, 0.2) is 12.4 Å². The maximum Gasteiger partial charge on any atom is 0.410 e. The van der Waals surface area contributed by atoms with Gasteiger partial charge in [-0.3, -0.25) is 0 Å². The molecule has 2 fully saturated rings. The van der Waals surface area contributed by atoms with Gasteiger partial charge in [-0.1, -0.05) is 0 Å². The Hall–Kier alpha value is -1.85. The molecule has 0 spiro atoms. The van der Waals surface area contributed by atoms with Crippen LogP contribution in [0.4, 0.5) is 10.7 Å². The first-order valence-corrected chi connectivity index (χ1v) is 8.33. The van der Waals surface area contributed by atoms with Crippen LogP contribution in [0.2, 0.25) is 0 Å². The van der Waals surface area contributed by atoms with Crippen molar-refractivity contribution in [2.75, 3.05) is 18.4 Å². The van der Waals surface area contributed by atoms with Gasteiger partial charge in [-0.2, -0.15) is 0 Å². The smallest absolute Gasteiger partial charge is 0.410 e. The maximum absolute atomic E-state index is 12.2. The first kappa shape index (κ1) is 16.0. The fourth-order valence-electron chi connectivity index (χ4n) is 3.54.